The zero-order valence-electron chi connectivity index (χ0n) is 18.0. The minimum atomic E-state index is -0.0885. The van der Waals surface area contributed by atoms with E-state index in [0.29, 0.717) is 32.1 Å². The van der Waals surface area contributed by atoms with Gasteiger partial charge in [-0.3, -0.25) is 14.5 Å². The highest BCUT2D eigenvalue weighted by Crippen LogP contribution is 2.19. The zero-order chi connectivity index (χ0) is 22.2. The van der Waals surface area contributed by atoms with Crippen LogP contribution < -0.4 is 5.32 Å². The number of morpholine rings is 1. The van der Waals surface area contributed by atoms with Gasteiger partial charge in [0.1, 0.15) is 5.82 Å². The van der Waals surface area contributed by atoms with E-state index in [9.17, 15) is 9.59 Å². The SMILES string of the molecule is O=C(CN1CCOCC1)Nc1ccc(C=CC(=O)N2CC=C(Cc3cccs3)CC2)cn1. The van der Waals surface area contributed by atoms with Crippen molar-refractivity contribution in [1.82, 2.24) is 14.8 Å². The molecule has 1 N–H and O–H groups in total. The van der Waals surface area contributed by atoms with Gasteiger partial charge in [0.25, 0.3) is 0 Å². The van der Waals surface area contributed by atoms with Crippen LogP contribution in [0.1, 0.15) is 16.9 Å². The van der Waals surface area contributed by atoms with Gasteiger partial charge in [0.05, 0.1) is 19.8 Å². The first-order chi connectivity index (χ1) is 15.7. The Bertz CT molecular complexity index is 964. The molecule has 0 atom stereocenters. The minimum absolute atomic E-state index is 0.000635. The summed E-state index contributed by atoms with van der Waals surface area (Å²) < 4.78 is 5.29. The number of rotatable bonds is 7. The van der Waals surface area contributed by atoms with Gasteiger partial charge in [0.15, 0.2) is 0 Å². The highest BCUT2D eigenvalue weighted by Gasteiger charge is 2.16. The van der Waals surface area contributed by atoms with E-state index in [1.807, 2.05) is 11.0 Å². The number of hydrogen-bond acceptors (Lipinski definition) is 6. The normalized spacial score (nSPS) is 17.4. The molecule has 2 aliphatic rings. The summed E-state index contributed by atoms with van der Waals surface area (Å²) in [6, 6.07) is 7.82. The van der Waals surface area contributed by atoms with Crippen molar-refractivity contribution in [3.05, 3.63) is 64.0 Å². The molecule has 0 bridgehead atoms. The molecule has 1 saturated heterocycles. The lowest BCUT2D eigenvalue weighted by Gasteiger charge is -2.25. The van der Waals surface area contributed by atoms with Crippen molar-refractivity contribution >= 4 is 35.0 Å². The fourth-order valence-corrected chi connectivity index (χ4v) is 4.46. The Morgan fingerprint density at radius 2 is 2.06 bits per heavy atom. The van der Waals surface area contributed by atoms with Crippen LogP contribution >= 0.6 is 11.3 Å². The van der Waals surface area contributed by atoms with E-state index >= 15 is 0 Å². The van der Waals surface area contributed by atoms with Gasteiger partial charge in [0, 0.05) is 49.7 Å². The van der Waals surface area contributed by atoms with Gasteiger partial charge in [-0.15, -0.1) is 11.3 Å². The lowest BCUT2D eigenvalue weighted by atomic mass is 10.0. The summed E-state index contributed by atoms with van der Waals surface area (Å²) in [5.74, 6) is 0.417. The maximum atomic E-state index is 12.5. The smallest absolute Gasteiger partial charge is 0.246 e. The first-order valence-electron chi connectivity index (χ1n) is 10.9. The Morgan fingerprint density at radius 3 is 2.75 bits per heavy atom. The predicted octanol–water partition coefficient (Wildman–Crippen LogP) is 2.83. The summed E-state index contributed by atoms with van der Waals surface area (Å²) in [7, 11) is 0. The Hall–Kier alpha value is -2.81. The second-order valence-electron chi connectivity index (χ2n) is 7.90. The molecule has 2 amide bonds. The first kappa shape index (κ1) is 22.4. The number of hydrogen-bond donors (Lipinski definition) is 1. The van der Waals surface area contributed by atoms with Crippen LogP contribution in [0.5, 0.6) is 0 Å². The third-order valence-electron chi connectivity index (χ3n) is 5.54. The van der Waals surface area contributed by atoms with Gasteiger partial charge >= 0.3 is 0 Å². The third kappa shape index (κ3) is 6.59. The summed E-state index contributed by atoms with van der Waals surface area (Å²) in [5, 5.41) is 4.91. The zero-order valence-corrected chi connectivity index (χ0v) is 18.9. The number of carbonyl (C=O) groups is 2. The van der Waals surface area contributed by atoms with E-state index in [1.165, 1.54) is 10.5 Å². The first-order valence-corrected chi connectivity index (χ1v) is 11.8. The molecule has 0 aliphatic carbocycles. The number of thiophene rings is 1. The number of ether oxygens (including phenoxy) is 1. The van der Waals surface area contributed by atoms with Gasteiger partial charge in [-0.25, -0.2) is 4.98 Å². The fourth-order valence-electron chi connectivity index (χ4n) is 3.70. The summed E-state index contributed by atoms with van der Waals surface area (Å²) in [5.41, 5.74) is 2.21. The monoisotopic (exact) mass is 452 g/mol. The van der Waals surface area contributed by atoms with Crippen molar-refractivity contribution in [2.45, 2.75) is 12.8 Å². The molecular weight excluding hydrogens is 424 g/mol. The predicted molar refractivity (Wildman–Crippen MR) is 126 cm³/mol. The Labute approximate surface area is 192 Å². The maximum Gasteiger partial charge on any atom is 0.246 e. The molecule has 32 heavy (non-hydrogen) atoms. The second-order valence-corrected chi connectivity index (χ2v) is 8.93. The van der Waals surface area contributed by atoms with Crippen LogP contribution in [0, 0.1) is 0 Å². The van der Waals surface area contributed by atoms with Crippen molar-refractivity contribution < 1.29 is 14.3 Å². The summed E-state index contributed by atoms with van der Waals surface area (Å²) in [6.07, 6.45) is 9.08. The maximum absolute atomic E-state index is 12.5. The van der Waals surface area contributed by atoms with Crippen LogP contribution in [-0.2, 0) is 20.7 Å². The number of amides is 2. The van der Waals surface area contributed by atoms with Crippen molar-refractivity contribution in [3.8, 4) is 0 Å². The number of aromatic nitrogens is 1. The molecule has 0 saturated carbocycles. The number of anilines is 1. The lowest BCUT2D eigenvalue weighted by Crippen LogP contribution is -2.41. The van der Waals surface area contributed by atoms with E-state index < -0.39 is 0 Å². The highest BCUT2D eigenvalue weighted by atomic mass is 32.1. The number of nitrogens with zero attached hydrogens (tertiary/aromatic N) is 3. The minimum Gasteiger partial charge on any atom is -0.379 e. The van der Waals surface area contributed by atoms with Crippen LogP contribution in [0.4, 0.5) is 5.82 Å². The Balaban J connectivity index is 1.23. The van der Waals surface area contributed by atoms with E-state index in [4.69, 9.17) is 4.74 Å². The molecule has 0 radical (unpaired) electrons. The average Bonchev–Trinajstić information content (AvgIpc) is 3.32. The molecule has 0 unspecified atom stereocenters. The van der Waals surface area contributed by atoms with E-state index in [2.05, 4.69) is 38.8 Å². The molecule has 0 aromatic carbocycles. The Morgan fingerprint density at radius 1 is 1.19 bits per heavy atom. The van der Waals surface area contributed by atoms with Crippen LogP contribution in [0.3, 0.4) is 0 Å². The summed E-state index contributed by atoms with van der Waals surface area (Å²) in [6.45, 7) is 4.58. The average molecular weight is 453 g/mol. The van der Waals surface area contributed by atoms with Crippen molar-refractivity contribution in [3.63, 3.8) is 0 Å². The van der Waals surface area contributed by atoms with Crippen LogP contribution in [0.25, 0.3) is 6.08 Å². The van der Waals surface area contributed by atoms with Gasteiger partial charge in [0.2, 0.25) is 11.8 Å². The van der Waals surface area contributed by atoms with Crippen LogP contribution in [-0.4, -0.2) is 72.5 Å². The molecule has 8 heteroatoms. The van der Waals surface area contributed by atoms with E-state index in [-0.39, 0.29) is 11.8 Å². The molecule has 4 heterocycles. The molecule has 2 aromatic heterocycles. The molecule has 2 aliphatic heterocycles. The Kier molecular flexibility index (Phi) is 7.82. The molecular formula is C24H28N4O3S. The fraction of sp³-hybridized carbons (Fsp3) is 0.375. The quantitative estimate of drug-likeness (QED) is 0.517. The number of pyridine rings is 1. The van der Waals surface area contributed by atoms with E-state index in [1.54, 1.807) is 35.8 Å². The summed E-state index contributed by atoms with van der Waals surface area (Å²) in [4.78, 5) is 34.2. The van der Waals surface area contributed by atoms with Crippen molar-refractivity contribution in [2.75, 3.05) is 51.3 Å². The van der Waals surface area contributed by atoms with E-state index in [0.717, 1.165) is 38.0 Å². The summed E-state index contributed by atoms with van der Waals surface area (Å²) >= 11 is 1.77. The largest absolute Gasteiger partial charge is 0.379 e. The van der Waals surface area contributed by atoms with Crippen LogP contribution in [0.2, 0.25) is 0 Å². The number of carbonyl (C=O) groups excluding carboxylic acids is 2. The van der Waals surface area contributed by atoms with Gasteiger partial charge < -0.3 is 15.0 Å². The van der Waals surface area contributed by atoms with Crippen molar-refractivity contribution in [1.29, 1.82) is 0 Å². The van der Waals surface area contributed by atoms with Crippen molar-refractivity contribution in [2.24, 2.45) is 0 Å². The molecule has 0 spiro atoms. The molecule has 168 valence electrons. The standard InChI is InChI=1S/C24H28N4O3S/c29-23(18-27-11-13-31-14-12-27)26-22-5-3-20(17-25-22)4-6-24(30)28-9-7-19(8-10-28)16-21-2-1-15-32-21/h1-7,15,17H,8-14,16,18H2,(H,25,26,29). The second kappa shape index (κ2) is 11.2. The number of nitrogens with one attached hydrogen (secondary N) is 1. The van der Waals surface area contributed by atoms with Crippen LogP contribution in [0.15, 0.2) is 53.6 Å². The topological polar surface area (TPSA) is 74.8 Å². The molecule has 2 aromatic rings. The molecule has 1 fully saturated rings. The van der Waals surface area contributed by atoms with Gasteiger partial charge in [-0.2, -0.15) is 0 Å². The van der Waals surface area contributed by atoms with Gasteiger partial charge in [-0.05, 0) is 41.6 Å². The van der Waals surface area contributed by atoms with Gasteiger partial charge in [-0.1, -0.05) is 17.7 Å². The third-order valence-corrected chi connectivity index (χ3v) is 6.42. The molecule has 4 rings (SSSR count). The lowest BCUT2D eigenvalue weighted by molar-refractivity contribution is -0.125. The highest BCUT2D eigenvalue weighted by molar-refractivity contribution is 7.09. The molecule has 7 nitrogen and oxygen atoms in total.